The van der Waals surface area contributed by atoms with Crippen LogP contribution in [0.15, 0.2) is 47.1 Å². The summed E-state index contributed by atoms with van der Waals surface area (Å²) in [5, 5.41) is 12.4. The first kappa shape index (κ1) is 17.2. The molecule has 0 saturated carbocycles. The Morgan fingerprint density at radius 3 is 2.30 bits per heavy atom. The first-order chi connectivity index (χ1) is 11.1. The first-order valence-electron chi connectivity index (χ1n) is 7.58. The van der Waals surface area contributed by atoms with Crippen LogP contribution < -0.4 is 21.3 Å². The molecule has 1 aromatic carbocycles. The third-order valence-electron chi connectivity index (χ3n) is 4.13. The van der Waals surface area contributed by atoms with Gasteiger partial charge < -0.3 is 15.1 Å². The molecule has 1 amide bonds. The van der Waals surface area contributed by atoms with Crippen LogP contribution in [0.5, 0.6) is 0 Å². The van der Waals surface area contributed by atoms with Gasteiger partial charge in [-0.2, -0.15) is 0 Å². The lowest BCUT2D eigenvalue weighted by Gasteiger charge is -2.39. The second-order valence-electron chi connectivity index (χ2n) is 5.30. The van der Waals surface area contributed by atoms with Gasteiger partial charge in [-0.05, 0) is 34.1 Å². The number of amides is 1. The monoisotopic (exact) mass is 316 g/mol. The minimum absolute atomic E-state index is 0.0477. The van der Waals surface area contributed by atoms with Crippen LogP contribution in [0, 0.1) is 0 Å². The standard InChI is InChI=1S/C17H24N4O2/c1-12(18-2)17(19-3,20-4)21-16(22)14-10-11-23-15(14)13-8-6-5-7-9-13/h5-12,18-20H,1-4H3,(H,21,22). The van der Waals surface area contributed by atoms with Crippen molar-refractivity contribution in [3.8, 4) is 11.3 Å². The second-order valence-corrected chi connectivity index (χ2v) is 5.30. The van der Waals surface area contributed by atoms with Crippen molar-refractivity contribution in [3.05, 3.63) is 48.2 Å². The minimum Gasteiger partial charge on any atom is -0.464 e. The van der Waals surface area contributed by atoms with Crippen molar-refractivity contribution in [3.63, 3.8) is 0 Å². The summed E-state index contributed by atoms with van der Waals surface area (Å²) in [5.74, 6) is -0.443. The van der Waals surface area contributed by atoms with Crippen molar-refractivity contribution in [1.82, 2.24) is 21.3 Å². The lowest BCUT2D eigenvalue weighted by molar-refractivity contribution is 0.0812. The van der Waals surface area contributed by atoms with E-state index in [9.17, 15) is 4.79 Å². The van der Waals surface area contributed by atoms with Gasteiger partial charge in [0.25, 0.3) is 5.91 Å². The van der Waals surface area contributed by atoms with Gasteiger partial charge >= 0.3 is 0 Å². The van der Waals surface area contributed by atoms with Crippen molar-refractivity contribution < 1.29 is 9.21 Å². The van der Waals surface area contributed by atoms with Gasteiger partial charge in [0.15, 0.2) is 5.79 Å². The Labute approximate surface area is 136 Å². The average Bonchev–Trinajstić information content (AvgIpc) is 3.09. The van der Waals surface area contributed by atoms with Crippen molar-refractivity contribution in [1.29, 1.82) is 0 Å². The van der Waals surface area contributed by atoms with Crippen molar-refractivity contribution in [2.45, 2.75) is 18.8 Å². The molecule has 6 heteroatoms. The number of furan rings is 1. The van der Waals surface area contributed by atoms with Crippen molar-refractivity contribution >= 4 is 5.91 Å². The molecular weight excluding hydrogens is 292 g/mol. The van der Waals surface area contributed by atoms with Crippen LogP contribution in [-0.2, 0) is 0 Å². The van der Waals surface area contributed by atoms with Gasteiger partial charge in [0.1, 0.15) is 5.76 Å². The van der Waals surface area contributed by atoms with E-state index in [1.54, 1.807) is 20.2 Å². The number of rotatable bonds is 7. The summed E-state index contributed by atoms with van der Waals surface area (Å²) in [7, 11) is 5.42. The number of likely N-dealkylation sites (N-methyl/N-ethyl adjacent to an activating group) is 3. The Bertz CT molecular complexity index is 635. The summed E-state index contributed by atoms with van der Waals surface area (Å²) < 4.78 is 5.52. The fourth-order valence-electron chi connectivity index (χ4n) is 2.56. The number of carbonyl (C=O) groups is 1. The molecule has 1 unspecified atom stereocenters. The molecule has 0 bridgehead atoms. The smallest absolute Gasteiger partial charge is 0.257 e. The highest BCUT2D eigenvalue weighted by Crippen LogP contribution is 2.25. The van der Waals surface area contributed by atoms with Gasteiger partial charge in [0.05, 0.1) is 17.9 Å². The molecule has 23 heavy (non-hydrogen) atoms. The Morgan fingerprint density at radius 1 is 1.09 bits per heavy atom. The number of nitrogens with one attached hydrogen (secondary N) is 4. The maximum Gasteiger partial charge on any atom is 0.257 e. The quantitative estimate of drug-likeness (QED) is 0.581. The van der Waals surface area contributed by atoms with E-state index in [1.165, 1.54) is 6.26 Å². The molecule has 124 valence electrons. The molecule has 0 saturated heterocycles. The SMILES string of the molecule is CNC(C)C(NC)(NC)NC(=O)c1ccoc1-c1ccccc1. The lowest BCUT2D eigenvalue weighted by Crippen LogP contribution is -2.74. The van der Waals surface area contributed by atoms with Gasteiger partial charge in [-0.1, -0.05) is 30.3 Å². The molecular formula is C17H24N4O2. The zero-order valence-electron chi connectivity index (χ0n) is 13.9. The fraction of sp³-hybridized carbons (Fsp3) is 0.353. The molecule has 4 N–H and O–H groups in total. The van der Waals surface area contributed by atoms with E-state index < -0.39 is 5.79 Å². The molecule has 0 spiro atoms. The Morgan fingerprint density at radius 2 is 1.74 bits per heavy atom. The maximum atomic E-state index is 12.8. The van der Waals surface area contributed by atoms with Crippen LogP contribution >= 0.6 is 0 Å². The third kappa shape index (κ3) is 3.44. The van der Waals surface area contributed by atoms with Crippen LogP contribution in [-0.4, -0.2) is 38.9 Å². The molecule has 1 atom stereocenters. The van der Waals surface area contributed by atoms with Crippen LogP contribution in [0.3, 0.4) is 0 Å². The number of hydrogen-bond acceptors (Lipinski definition) is 5. The normalized spacial score (nSPS) is 12.9. The first-order valence-corrected chi connectivity index (χ1v) is 7.58. The average molecular weight is 316 g/mol. The maximum absolute atomic E-state index is 12.8. The van der Waals surface area contributed by atoms with Crippen LogP contribution in [0.1, 0.15) is 17.3 Å². The van der Waals surface area contributed by atoms with E-state index in [0.717, 1.165) is 5.56 Å². The van der Waals surface area contributed by atoms with Gasteiger partial charge in [0, 0.05) is 5.56 Å². The Hall–Kier alpha value is -2.15. The molecule has 2 aromatic rings. The zero-order chi connectivity index (χ0) is 16.9. The van der Waals surface area contributed by atoms with E-state index in [4.69, 9.17) is 4.42 Å². The summed E-state index contributed by atoms with van der Waals surface area (Å²) in [6, 6.07) is 11.2. The van der Waals surface area contributed by atoms with Gasteiger partial charge in [-0.25, -0.2) is 0 Å². The van der Waals surface area contributed by atoms with Gasteiger partial charge in [-0.3, -0.25) is 15.4 Å². The minimum atomic E-state index is -0.781. The van der Waals surface area contributed by atoms with E-state index in [2.05, 4.69) is 21.3 Å². The largest absolute Gasteiger partial charge is 0.464 e. The van der Waals surface area contributed by atoms with Crippen molar-refractivity contribution in [2.75, 3.05) is 21.1 Å². The second kappa shape index (κ2) is 7.41. The van der Waals surface area contributed by atoms with Gasteiger partial charge in [-0.15, -0.1) is 0 Å². The lowest BCUT2D eigenvalue weighted by atomic mass is 10.1. The fourth-order valence-corrected chi connectivity index (χ4v) is 2.56. The zero-order valence-corrected chi connectivity index (χ0v) is 13.9. The predicted octanol–water partition coefficient (Wildman–Crippen LogP) is 1.38. The van der Waals surface area contributed by atoms with Crippen LogP contribution in [0.4, 0.5) is 0 Å². The molecule has 0 aliphatic carbocycles. The Kier molecular flexibility index (Phi) is 5.54. The van der Waals surface area contributed by atoms with Crippen LogP contribution in [0.2, 0.25) is 0 Å². The van der Waals surface area contributed by atoms with E-state index in [0.29, 0.717) is 11.3 Å². The summed E-state index contributed by atoms with van der Waals surface area (Å²) in [4.78, 5) is 12.8. The number of carbonyl (C=O) groups excluding carboxylic acids is 1. The molecule has 6 nitrogen and oxygen atoms in total. The van der Waals surface area contributed by atoms with Crippen LogP contribution in [0.25, 0.3) is 11.3 Å². The highest BCUT2D eigenvalue weighted by molar-refractivity contribution is 6.00. The molecule has 2 rings (SSSR count). The molecule has 0 fully saturated rings. The van der Waals surface area contributed by atoms with E-state index in [1.807, 2.05) is 44.3 Å². The highest BCUT2D eigenvalue weighted by atomic mass is 16.3. The number of hydrogen-bond donors (Lipinski definition) is 4. The molecule has 0 aliphatic rings. The van der Waals surface area contributed by atoms with E-state index in [-0.39, 0.29) is 11.9 Å². The number of benzene rings is 1. The predicted molar refractivity (Wildman–Crippen MR) is 91.0 cm³/mol. The summed E-state index contributed by atoms with van der Waals surface area (Å²) >= 11 is 0. The molecule has 1 heterocycles. The summed E-state index contributed by atoms with van der Waals surface area (Å²) in [6.07, 6.45) is 1.53. The molecule has 1 aromatic heterocycles. The summed E-state index contributed by atoms with van der Waals surface area (Å²) in [5.41, 5.74) is 1.36. The highest BCUT2D eigenvalue weighted by Gasteiger charge is 2.35. The third-order valence-corrected chi connectivity index (χ3v) is 4.13. The summed E-state index contributed by atoms with van der Waals surface area (Å²) in [6.45, 7) is 1.97. The van der Waals surface area contributed by atoms with Gasteiger partial charge in [0.2, 0.25) is 0 Å². The van der Waals surface area contributed by atoms with Crippen molar-refractivity contribution in [2.24, 2.45) is 0 Å². The topological polar surface area (TPSA) is 78.3 Å². The Balaban J connectivity index is 2.30. The molecule has 0 aliphatic heterocycles. The molecule has 0 radical (unpaired) electrons. The van der Waals surface area contributed by atoms with E-state index >= 15 is 0 Å².